The monoisotopic (exact) mass is 278 g/mol. The standard InChI is InChI=1S/C15H26N4O/c1-4-16-15(18-10-7-11-20-5-2)19-12-14-13(3)8-6-9-17-14/h6,8-9H,4-5,7,10-12H2,1-3H3,(H2,16,18,19). The van der Waals surface area contributed by atoms with Crippen molar-refractivity contribution in [2.45, 2.75) is 33.7 Å². The number of nitrogens with one attached hydrogen (secondary N) is 2. The van der Waals surface area contributed by atoms with Crippen LogP contribution in [0.4, 0.5) is 0 Å². The Kier molecular flexibility index (Phi) is 8.38. The number of aliphatic imine (C=N–C) groups is 1. The summed E-state index contributed by atoms with van der Waals surface area (Å²) >= 11 is 0. The van der Waals surface area contributed by atoms with E-state index in [2.05, 4.69) is 40.5 Å². The van der Waals surface area contributed by atoms with Crippen LogP contribution in [0.25, 0.3) is 0 Å². The molecule has 5 heteroatoms. The number of hydrogen-bond acceptors (Lipinski definition) is 3. The summed E-state index contributed by atoms with van der Waals surface area (Å²) in [5.74, 6) is 0.828. The molecule has 0 bridgehead atoms. The van der Waals surface area contributed by atoms with Crippen molar-refractivity contribution < 1.29 is 4.74 Å². The smallest absolute Gasteiger partial charge is 0.191 e. The molecule has 5 nitrogen and oxygen atoms in total. The number of guanidine groups is 1. The summed E-state index contributed by atoms with van der Waals surface area (Å²) < 4.78 is 5.31. The Bertz CT molecular complexity index is 407. The molecule has 1 heterocycles. The highest BCUT2D eigenvalue weighted by Gasteiger charge is 2.00. The van der Waals surface area contributed by atoms with Crippen LogP contribution in [0.5, 0.6) is 0 Å². The van der Waals surface area contributed by atoms with Crippen LogP contribution in [0, 0.1) is 6.92 Å². The molecule has 1 aromatic heterocycles. The van der Waals surface area contributed by atoms with Gasteiger partial charge >= 0.3 is 0 Å². The topological polar surface area (TPSA) is 58.5 Å². The van der Waals surface area contributed by atoms with E-state index in [-0.39, 0.29) is 0 Å². The third kappa shape index (κ3) is 6.52. The van der Waals surface area contributed by atoms with Crippen LogP contribution >= 0.6 is 0 Å². The Balaban J connectivity index is 2.44. The molecule has 0 amide bonds. The minimum atomic E-state index is 0.591. The zero-order valence-corrected chi connectivity index (χ0v) is 12.8. The van der Waals surface area contributed by atoms with E-state index in [1.165, 1.54) is 5.56 Å². The number of aromatic nitrogens is 1. The number of ether oxygens (including phenoxy) is 1. The predicted molar refractivity (Wildman–Crippen MR) is 82.9 cm³/mol. The molecule has 0 aliphatic rings. The second kappa shape index (κ2) is 10.2. The number of rotatable bonds is 8. The lowest BCUT2D eigenvalue weighted by atomic mass is 10.2. The van der Waals surface area contributed by atoms with Gasteiger partial charge in [0.25, 0.3) is 0 Å². The fourth-order valence-corrected chi connectivity index (χ4v) is 1.70. The van der Waals surface area contributed by atoms with Crippen molar-refractivity contribution in [3.05, 3.63) is 29.6 Å². The maximum Gasteiger partial charge on any atom is 0.191 e. The zero-order valence-electron chi connectivity index (χ0n) is 12.8. The summed E-state index contributed by atoms with van der Waals surface area (Å²) in [6.07, 6.45) is 2.78. The lowest BCUT2D eigenvalue weighted by Gasteiger charge is -2.11. The summed E-state index contributed by atoms with van der Waals surface area (Å²) in [5, 5.41) is 6.53. The molecule has 2 N–H and O–H groups in total. The van der Waals surface area contributed by atoms with E-state index in [0.717, 1.165) is 44.4 Å². The highest BCUT2D eigenvalue weighted by molar-refractivity contribution is 5.79. The number of aryl methyl sites for hydroxylation is 1. The third-order valence-corrected chi connectivity index (χ3v) is 2.81. The first kappa shape index (κ1) is 16.4. The Morgan fingerprint density at radius 2 is 2.20 bits per heavy atom. The van der Waals surface area contributed by atoms with Crippen molar-refractivity contribution in [2.24, 2.45) is 4.99 Å². The first-order valence-corrected chi connectivity index (χ1v) is 7.28. The molecule has 112 valence electrons. The minimum Gasteiger partial charge on any atom is -0.382 e. The highest BCUT2D eigenvalue weighted by Crippen LogP contribution is 2.04. The molecule has 1 rings (SSSR count). The Morgan fingerprint density at radius 3 is 2.90 bits per heavy atom. The van der Waals surface area contributed by atoms with E-state index in [9.17, 15) is 0 Å². The fourth-order valence-electron chi connectivity index (χ4n) is 1.70. The summed E-state index contributed by atoms with van der Waals surface area (Å²) in [7, 11) is 0. The quantitative estimate of drug-likeness (QED) is 0.433. The molecule has 0 saturated carbocycles. The van der Waals surface area contributed by atoms with Gasteiger partial charge in [-0.3, -0.25) is 4.98 Å². The van der Waals surface area contributed by atoms with Gasteiger partial charge in [-0.1, -0.05) is 6.07 Å². The van der Waals surface area contributed by atoms with Gasteiger partial charge in [-0.25, -0.2) is 4.99 Å². The van der Waals surface area contributed by atoms with Crippen LogP contribution in [-0.2, 0) is 11.3 Å². The van der Waals surface area contributed by atoms with Crippen molar-refractivity contribution in [3.63, 3.8) is 0 Å². The summed E-state index contributed by atoms with van der Waals surface area (Å²) in [6, 6.07) is 4.00. The van der Waals surface area contributed by atoms with Gasteiger partial charge in [-0.15, -0.1) is 0 Å². The number of nitrogens with zero attached hydrogens (tertiary/aromatic N) is 2. The van der Waals surface area contributed by atoms with E-state index in [1.54, 1.807) is 6.20 Å². The average molecular weight is 278 g/mol. The predicted octanol–water partition coefficient (Wildman–Crippen LogP) is 1.87. The summed E-state index contributed by atoms with van der Waals surface area (Å²) in [6.45, 7) is 9.96. The molecule has 0 unspecified atom stereocenters. The number of pyridine rings is 1. The molecule has 0 aromatic carbocycles. The van der Waals surface area contributed by atoms with Gasteiger partial charge in [0.15, 0.2) is 5.96 Å². The first-order valence-electron chi connectivity index (χ1n) is 7.28. The molecule has 0 radical (unpaired) electrons. The zero-order chi connectivity index (χ0) is 14.6. The van der Waals surface area contributed by atoms with E-state index in [4.69, 9.17) is 4.74 Å². The summed E-state index contributed by atoms with van der Waals surface area (Å²) in [4.78, 5) is 8.90. The van der Waals surface area contributed by atoms with Crippen molar-refractivity contribution in [1.82, 2.24) is 15.6 Å². The van der Waals surface area contributed by atoms with Gasteiger partial charge in [-0.05, 0) is 38.8 Å². The molecule has 0 spiro atoms. The SMILES string of the molecule is CCNC(=NCc1ncccc1C)NCCCOCC. The Labute approximate surface area is 121 Å². The average Bonchev–Trinajstić information content (AvgIpc) is 2.46. The van der Waals surface area contributed by atoms with Crippen LogP contribution in [-0.4, -0.2) is 37.2 Å². The number of hydrogen-bond donors (Lipinski definition) is 2. The van der Waals surface area contributed by atoms with Gasteiger partial charge in [0.1, 0.15) is 0 Å². The van der Waals surface area contributed by atoms with Gasteiger partial charge in [0, 0.05) is 32.5 Å². The lowest BCUT2D eigenvalue weighted by Crippen LogP contribution is -2.38. The van der Waals surface area contributed by atoms with Crippen molar-refractivity contribution in [3.8, 4) is 0 Å². The van der Waals surface area contributed by atoms with Crippen molar-refractivity contribution in [2.75, 3.05) is 26.3 Å². The van der Waals surface area contributed by atoms with Gasteiger partial charge in [-0.2, -0.15) is 0 Å². The summed E-state index contributed by atoms with van der Waals surface area (Å²) in [5.41, 5.74) is 2.18. The molecular formula is C15H26N4O. The lowest BCUT2D eigenvalue weighted by molar-refractivity contribution is 0.145. The van der Waals surface area contributed by atoms with Crippen LogP contribution in [0.2, 0.25) is 0 Å². The van der Waals surface area contributed by atoms with Crippen LogP contribution in [0.1, 0.15) is 31.5 Å². The maximum absolute atomic E-state index is 5.31. The molecule has 20 heavy (non-hydrogen) atoms. The van der Waals surface area contributed by atoms with E-state index in [1.807, 2.05) is 13.0 Å². The highest BCUT2D eigenvalue weighted by atomic mass is 16.5. The van der Waals surface area contributed by atoms with Crippen molar-refractivity contribution in [1.29, 1.82) is 0 Å². The minimum absolute atomic E-state index is 0.591. The first-order chi connectivity index (χ1) is 9.77. The molecule has 0 atom stereocenters. The Morgan fingerprint density at radius 1 is 1.35 bits per heavy atom. The van der Waals surface area contributed by atoms with Gasteiger partial charge < -0.3 is 15.4 Å². The van der Waals surface area contributed by atoms with Crippen LogP contribution < -0.4 is 10.6 Å². The molecule has 0 saturated heterocycles. The molecular weight excluding hydrogens is 252 g/mol. The third-order valence-electron chi connectivity index (χ3n) is 2.81. The second-order valence-electron chi connectivity index (χ2n) is 4.44. The largest absolute Gasteiger partial charge is 0.382 e. The van der Waals surface area contributed by atoms with Crippen LogP contribution in [0.15, 0.2) is 23.3 Å². The maximum atomic E-state index is 5.31. The second-order valence-corrected chi connectivity index (χ2v) is 4.44. The van der Waals surface area contributed by atoms with E-state index >= 15 is 0 Å². The Hall–Kier alpha value is -1.62. The van der Waals surface area contributed by atoms with E-state index in [0.29, 0.717) is 6.54 Å². The van der Waals surface area contributed by atoms with E-state index < -0.39 is 0 Å². The van der Waals surface area contributed by atoms with Crippen molar-refractivity contribution >= 4 is 5.96 Å². The van der Waals surface area contributed by atoms with Crippen LogP contribution in [0.3, 0.4) is 0 Å². The van der Waals surface area contributed by atoms with Gasteiger partial charge in [0.2, 0.25) is 0 Å². The normalized spacial score (nSPS) is 11.4. The van der Waals surface area contributed by atoms with Gasteiger partial charge in [0.05, 0.1) is 12.2 Å². The fraction of sp³-hybridized carbons (Fsp3) is 0.600. The molecule has 0 fully saturated rings. The molecule has 1 aromatic rings. The molecule has 0 aliphatic carbocycles. The molecule has 0 aliphatic heterocycles.